The molecule has 2 heteroatoms. The van der Waals surface area contributed by atoms with Crippen LogP contribution in [0.15, 0.2) is 11.8 Å². The second kappa shape index (κ2) is 5.35. The van der Waals surface area contributed by atoms with Gasteiger partial charge >= 0.3 is 18.9 Å². The summed E-state index contributed by atoms with van der Waals surface area (Å²) in [5, 5.41) is 0. The Labute approximate surface area is 71.9 Å². The maximum Gasteiger partial charge on any atom is 1.00 e. The summed E-state index contributed by atoms with van der Waals surface area (Å²) >= 11 is 0. The molecule has 0 saturated heterocycles. The van der Waals surface area contributed by atoms with Crippen molar-refractivity contribution < 1.29 is 18.9 Å². The van der Waals surface area contributed by atoms with Gasteiger partial charge in [0.15, 0.2) is 0 Å². The Kier molecular flexibility index (Phi) is 7.28. The first-order valence-electron chi connectivity index (χ1n) is 3.03. The van der Waals surface area contributed by atoms with Gasteiger partial charge in [-0.15, -0.1) is 11.8 Å². The molecular formula is C7H15LiSi. The van der Waals surface area contributed by atoms with Crippen molar-refractivity contribution in [1.82, 2.24) is 0 Å². The van der Waals surface area contributed by atoms with Gasteiger partial charge in [0.1, 0.15) is 0 Å². The first-order chi connectivity index (χ1) is 3.56. The molecule has 0 nitrogen and oxygen atoms in total. The Morgan fingerprint density at radius 3 is 1.89 bits per heavy atom. The van der Waals surface area contributed by atoms with Gasteiger partial charge in [0.05, 0.1) is 8.07 Å². The van der Waals surface area contributed by atoms with Crippen molar-refractivity contribution in [1.29, 1.82) is 0 Å². The molecule has 0 aliphatic rings. The van der Waals surface area contributed by atoms with Gasteiger partial charge in [-0.2, -0.15) is 6.42 Å². The maximum absolute atomic E-state index is 3.72. The van der Waals surface area contributed by atoms with E-state index in [9.17, 15) is 0 Å². The summed E-state index contributed by atoms with van der Waals surface area (Å²) in [6, 6.07) is 0. The van der Waals surface area contributed by atoms with Crippen LogP contribution in [0.3, 0.4) is 0 Å². The summed E-state index contributed by atoms with van der Waals surface area (Å²) < 4.78 is 0. The van der Waals surface area contributed by atoms with E-state index >= 15 is 0 Å². The fourth-order valence-electron chi connectivity index (χ4n) is 0.437. The Bertz CT molecular complexity index is 81.4. The first kappa shape index (κ1) is 12.3. The minimum absolute atomic E-state index is 0. The second-order valence-corrected chi connectivity index (χ2v) is 8.12. The summed E-state index contributed by atoms with van der Waals surface area (Å²) in [6.07, 6.45) is 3.09. The van der Waals surface area contributed by atoms with Crippen LogP contribution in [0, 0.1) is 6.92 Å². The van der Waals surface area contributed by atoms with Crippen LogP contribution < -0.4 is 18.9 Å². The minimum atomic E-state index is -0.899. The van der Waals surface area contributed by atoms with E-state index in [1.807, 2.05) is 0 Å². The van der Waals surface area contributed by atoms with E-state index in [2.05, 4.69) is 38.3 Å². The van der Waals surface area contributed by atoms with Crippen molar-refractivity contribution in [2.75, 3.05) is 0 Å². The number of hydrogen-bond acceptors (Lipinski definition) is 0. The zero-order valence-electron chi connectivity index (χ0n) is 7.07. The fraction of sp³-hybridized carbons (Fsp3) is 0.571. The zero-order chi connectivity index (χ0) is 6.62. The predicted octanol–water partition coefficient (Wildman–Crippen LogP) is -0.352. The molecule has 0 radical (unpaired) electrons. The summed E-state index contributed by atoms with van der Waals surface area (Å²) in [4.78, 5) is 0. The van der Waals surface area contributed by atoms with Gasteiger partial charge in [-0.3, -0.25) is 0 Å². The van der Waals surface area contributed by atoms with Gasteiger partial charge in [0.2, 0.25) is 0 Å². The molecule has 0 aromatic heterocycles. The molecule has 0 aliphatic carbocycles. The van der Waals surface area contributed by atoms with Crippen molar-refractivity contribution in [2.24, 2.45) is 0 Å². The minimum Gasteiger partial charge on any atom is -0.340 e. The molecule has 9 heavy (non-hydrogen) atoms. The van der Waals surface area contributed by atoms with Crippen molar-refractivity contribution in [3.8, 4) is 0 Å². The van der Waals surface area contributed by atoms with Gasteiger partial charge in [-0.05, 0) is 0 Å². The molecule has 0 aromatic carbocycles. The Morgan fingerprint density at radius 2 is 1.78 bits per heavy atom. The largest absolute Gasteiger partial charge is 1.00 e. The van der Waals surface area contributed by atoms with Crippen LogP contribution >= 0.6 is 0 Å². The Balaban J connectivity index is 0. The molecule has 0 aromatic rings. The second-order valence-electron chi connectivity index (χ2n) is 3.06. The summed E-state index contributed by atoms with van der Waals surface area (Å²) in [5.41, 5.74) is 2.32. The Hall–Kier alpha value is 0.554. The van der Waals surface area contributed by atoms with Crippen LogP contribution in [-0.2, 0) is 0 Å². The van der Waals surface area contributed by atoms with E-state index in [0.717, 1.165) is 6.42 Å². The topological polar surface area (TPSA) is 0 Å². The monoisotopic (exact) mass is 134 g/mol. The van der Waals surface area contributed by atoms with Crippen LogP contribution in [0.4, 0.5) is 0 Å². The summed E-state index contributed by atoms with van der Waals surface area (Å²) in [7, 11) is -0.899. The van der Waals surface area contributed by atoms with Crippen LogP contribution in [0.5, 0.6) is 0 Å². The SMILES string of the molecule is [CH2-]C/C=C\[Si](C)(C)C.[Li+]. The third-order valence-corrected chi connectivity index (χ3v) is 2.02. The normalized spacial score (nSPS) is 11.6. The van der Waals surface area contributed by atoms with Crippen LogP contribution in [0.25, 0.3) is 0 Å². The molecule has 0 saturated carbocycles. The third kappa shape index (κ3) is 11.9. The van der Waals surface area contributed by atoms with Crippen LogP contribution in [-0.4, -0.2) is 8.07 Å². The molecular weight excluding hydrogens is 119 g/mol. The van der Waals surface area contributed by atoms with E-state index < -0.39 is 8.07 Å². The van der Waals surface area contributed by atoms with Gasteiger partial charge in [-0.1, -0.05) is 19.6 Å². The van der Waals surface area contributed by atoms with E-state index in [1.54, 1.807) is 0 Å². The van der Waals surface area contributed by atoms with Gasteiger partial charge in [0, 0.05) is 0 Å². The van der Waals surface area contributed by atoms with Crippen molar-refractivity contribution >= 4 is 8.07 Å². The quantitative estimate of drug-likeness (QED) is 0.358. The maximum atomic E-state index is 3.72. The molecule has 48 valence electrons. The zero-order valence-corrected chi connectivity index (χ0v) is 8.07. The molecule has 0 spiro atoms. The standard InChI is InChI=1S/C7H15Si.Li/c1-5-6-7-8(2,3)4;/h6-7H,1,5H2,2-4H3;/q-1;+1/b7-6-;. The van der Waals surface area contributed by atoms with E-state index in [4.69, 9.17) is 0 Å². The Morgan fingerprint density at radius 1 is 1.33 bits per heavy atom. The molecule has 0 amide bonds. The summed E-state index contributed by atoms with van der Waals surface area (Å²) in [5.74, 6) is 0. The molecule has 0 rings (SSSR count). The fourth-order valence-corrected chi connectivity index (χ4v) is 1.31. The predicted molar refractivity (Wildman–Crippen MR) is 42.5 cm³/mol. The number of allylic oxidation sites excluding steroid dienone is 1. The molecule has 0 bridgehead atoms. The van der Waals surface area contributed by atoms with Crippen LogP contribution in [0.2, 0.25) is 19.6 Å². The number of rotatable bonds is 2. The van der Waals surface area contributed by atoms with Gasteiger partial charge < -0.3 is 6.92 Å². The third-order valence-electron chi connectivity index (χ3n) is 0.785. The summed E-state index contributed by atoms with van der Waals surface area (Å²) in [6.45, 7) is 10.7. The van der Waals surface area contributed by atoms with Crippen molar-refractivity contribution in [3.63, 3.8) is 0 Å². The molecule has 0 fully saturated rings. The average molecular weight is 134 g/mol. The number of hydrogen-bond donors (Lipinski definition) is 0. The average Bonchev–Trinajstić information content (AvgIpc) is 1.59. The van der Waals surface area contributed by atoms with E-state index in [-0.39, 0.29) is 18.9 Å². The molecule has 0 atom stereocenters. The molecule has 0 heterocycles. The molecule has 0 N–H and O–H groups in total. The van der Waals surface area contributed by atoms with Crippen molar-refractivity contribution in [2.45, 2.75) is 26.1 Å². The van der Waals surface area contributed by atoms with Crippen LogP contribution in [0.1, 0.15) is 6.42 Å². The van der Waals surface area contributed by atoms with Gasteiger partial charge in [-0.25, -0.2) is 0 Å². The van der Waals surface area contributed by atoms with E-state index in [0.29, 0.717) is 0 Å². The smallest absolute Gasteiger partial charge is 0.340 e. The van der Waals surface area contributed by atoms with Gasteiger partial charge in [0.25, 0.3) is 0 Å². The van der Waals surface area contributed by atoms with E-state index in [1.165, 1.54) is 0 Å². The van der Waals surface area contributed by atoms with Crippen molar-refractivity contribution in [3.05, 3.63) is 18.7 Å². The first-order valence-corrected chi connectivity index (χ1v) is 6.61. The molecule has 0 unspecified atom stereocenters. The molecule has 0 aliphatic heterocycles.